The van der Waals surface area contributed by atoms with E-state index in [1.54, 1.807) is 24.0 Å². The molecule has 1 saturated heterocycles. The van der Waals surface area contributed by atoms with Crippen LogP contribution in [0.1, 0.15) is 6.92 Å². The number of benzene rings is 1. The normalized spacial score (nSPS) is 14.6. The van der Waals surface area contributed by atoms with Gasteiger partial charge in [-0.1, -0.05) is 29.3 Å². The standard InChI is InChI=1S/C15H16Cl2N6O/c1-10(24)22-5-7-23(8-6-22)15-20-13(9-18-21-15)19-12-4-2-3-11(16)14(12)17/h2-4,9H,5-8H2,1H3,(H,19,20,21). The molecule has 1 N–H and O–H groups in total. The molecule has 126 valence electrons. The van der Waals surface area contributed by atoms with Gasteiger partial charge < -0.3 is 15.1 Å². The molecule has 2 aromatic rings. The van der Waals surface area contributed by atoms with E-state index in [-0.39, 0.29) is 5.91 Å². The Morgan fingerprint density at radius 1 is 1.21 bits per heavy atom. The minimum absolute atomic E-state index is 0.0831. The van der Waals surface area contributed by atoms with Gasteiger partial charge in [-0.15, -0.1) is 5.10 Å². The van der Waals surface area contributed by atoms with Crippen LogP contribution in [-0.2, 0) is 4.79 Å². The summed E-state index contributed by atoms with van der Waals surface area (Å²) in [6.45, 7) is 4.21. The third-order valence-corrected chi connectivity index (χ3v) is 4.59. The number of carbonyl (C=O) groups is 1. The number of hydrogen-bond acceptors (Lipinski definition) is 6. The molecule has 0 unspecified atom stereocenters. The Hall–Kier alpha value is -2.12. The van der Waals surface area contributed by atoms with Crippen LogP contribution in [0.3, 0.4) is 0 Å². The van der Waals surface area contributed by atoms with E-state index in [1.807, 2.05) is 11.0 Å². The van der Waals surface area contributed by atoms with Crippen molar-refractivity contribution in [2.24, 2.45) is 0 Å². The zero-order valence-electron chi connectivity index (χ0n) is 13.0. The van der Waals surface area contributed by atoms with Crippen LogP contribution in [0.4, 0.5) is 17.5 Å². The molecule has 9 heteroatoms. The van der Waals surface area contributed by atoms with Crippen molar-refractivity contribution >= 4 is 46.6 Å². The van der Waals surface area contributed by atoms with Crippen molar-refractivity contribution in [3.63, 3.8) is 0 Å². The molecule has 1 fully saturated rings. The van der Waals surface area contributed by atoms with Crippen LogP contribution in [0.5, 0.6) is 0 Å². The van der Waals surface area contributed by atoms with E-state index >= 15 is 0 Å². The Labute approximate surface area is 149 Å². The van der Waals surface area contributed by atoms with Crippen molar-refractivity contribution in [1.82, 2.24) is 20.1 Å². The fraction of sp³-hybridized carbons (Fsp3) is 0.333. The van der Waals surface area contributed by atoms with Gasteiger partial charge in [-0.25, -0.2) is 0 Å². The van der Waals surface area contributed by atoms with Gasteiger partial charge in [-0.3, -0.25) is 4.79 Å². The number of anilines is 3. The Bertz CT molecular complexity index is 748. The Balaban J connectivity index is 1.73. The summed E-state index contributed by atoms with van der Waals surface area (Å²) < 4.78 is 0. The molecule has 7 nitrogen and oxygen atoms in total. The molecule has 3 rings (SSSR count). The molecular weight excluding hydrogens is 351 g/mol. The van der Waals surface area contributed by atoms with Crippen molar-refractivity contribution < 1.29 is 4.79 Å². The monoisotopic (exact) mass is 366 g/mol. The number of hydrogen-bond donors (Lipinski definition) is 1. The second kappa shape index (κ2) is 7.19. The zero-order chi connectivity index (χ0) is 17.1. The van der Waals surface area contributed by atoms with Crippen molar-refractivity contribution in [3.8, 4) is 0 Å². The molecule has 24 heavy (non-hydrogen) atoms. The predicted molar refractivity (Wildman–Crippen MR) is 94.0 cm³/mol. The minimum atomic E-state index is 0.0831. The first-order valence-corrected chi connectivity index (χ1v) is 8.21. The predicted octanol–water partition coefficient (Wildman–Crippen LogP) is 2.59. The third kappa shape index (κ3) is 3.68. The lowest BCUT2D eigenvalue weighted by Crippen LogP contribution is -2.48. The number of amides is 1. The zero-order valence-corrected chi connectivity index (χ0v) is 14.5. The molecule has 0 saturated carbocycles. The molecule has 1 aliphatic rings. The third-order valence-electron chi connectivity index (χ3n) is 3.77. The molecule has 1 aromatic heterocycles. The average Bonchev–Trinajstić information content (AvgIpc) is 2.59. The average molecular weight is 367 g/mol. The van der Waals surface area contributed by atoms with Gasteiger partial charge in [0.05, 0.1) is 21.9 Å². The van der Waals surface area contributed by atoms with Crippen LogP contribution in [0, 0.1) is 0 Å². The minimum Gasteiger partial charge on any atom is -0.339 e. The number of nitrogens with zero attached hydrogens (tertiary/aromatic N) is 5. The summed E-state index contributed by atoms with van der Waals surface area (Å²) in [5.74, 6) is 1.12. The van der Waals surface area contributed by atoms with Gasteiger partial charge in [0.15, 0.2) is 5.82 Å². The molecule has 0 spiro atoms. The van der Waals surface area contributed by atoms with Crippen LogP contribution < -0.4 is 10.2 Å². The summed E-state index contributed by atoms with van der Waals surface area (Å²) in [6.07, 6.45) is 1.52. The largest absolute Gasteiger partial charge is 0.339 e. The smallest absolute Gasteiger partial charge is 0.247 e. The number of aromatic nitrogens is 3. The highest BCUT2D eigenvalue weighted by atomic mass is 35.5. The second-order valence-electron chi connectivity index (χ2n) is 5.36. The van der Waals surface area contributed by atoms with Gasteiger partial charge in [0.25, 0.3) is 0 Å². The van der Waals surface area contributed by atoms with E-state index in [9.17, 15) is 4.79 Å². The molecule has 0 atom stereocenters. The van der Waals surface area contributed by atoms with Crippen LogP contribution in [-0.4, -0.2) is 52.2 Å². The van der Waals surface area contributed by atoms with Crippen molar-refractivity contribution in [2.75, 3.05) is 36.4 Å². The van der Waals surface area contributed by atoms with Crippen LogP contribution >= 0.6 is 23.2 Å². The van der Waals surface area contributed by atoms with Gasteiger partial charge in [0.1, 0.15) is 0 Å². The van der Waals surface area contributed by atoms with Crippen molar-refractivity contribution in [1.29, 1.82) is 0 Å². The fourth-order valence-corrected chi connectivity index (χ4v) is 2.80. The van der Waals surface area contributed by atoms with E-state index < -0.39 is 0 Å². The highest BCUT2D eigenvalue weighted by Gasteiger charge is 2.21. The molecule has 2 heterocycles. The van der Waals surface area contributed by atoms with Crippen LogP contribution in [0.25, 0.3) is 0 Å². The fourth-order valence-electron chi connectivity index (χ4n) is 2.45. The van der Waals surface area contributed by atoms with E-state index in [1.165, 1.54) is 6.20 Å². The molecular formula is C15H16Cl2N6O. The summed E-state index contributed by atoms with van der Waals surface area (Å²) in [5.41, 5.74) is 0.650. The van der Waals surface area contributed by atoms with Gasteiger partial charge in [0.2, 0.25) is 11.9 Å². The molecule has 0 bridgehead atoms. The van der Waals surface area contributed by atoms with E-state index in [0.717, 1.165) is 0 Å². The first-order chi connectivity index (χ1) is 11.5. The summed E-state index contributed by atoms with van der Waals surface area (Å²) in [5, 5.41) is 12.1. The number of halogens is 2. The van der Waals surface area contributed by atoms with Gasteiger partial charge >= 0.3 is 0 Å². The molecule has 1 aromatic carbocycles. The van der Waals surface area contributed by atoms with Gasteiger partial charge in [-0.2, -0.15) is 10.1 Å². The quantitative estimate of drug-likeness (QED) is 0.899. The van der Waals surface area contributed by atoms with E-state index in [4.69, 9.17) is 23.2 Å². The summed E-state index contributed by atoms with van der Waals surface area (Å²) in [4.78, 5) is 19.7. The number of rotatable bonds is 3. The first-order valence-electron chi connectivity index (χ1n) is 7.46. The topological polar surface area (TPSA) is 74.2 Å². The number of nitrogens with one attached hydrogen (secondary N) is 1. The summed E-state index contributed by atoms with van der Waals surface area (Å²) >= 11 is 12.2. The Morgan fingerprint density at radius 2 is 1.96 bits per heavy atom. The number of carbonyl (C=O) groups excluding carboxylic acids is 1. The maximum absolute atomic E-state index is 11.4. The summed E-state index contributed by atoms with van der Waals surface area (Å²) in [7, 11) is 0. The molecule has 1 amide bonds. The maximum atomic E-state index is 11.4. The highest BCUT2D eigenvalue weighted by Crippen LogP contribution is 2.31. The van der Waals surface area contributed by atoms with Crippen LogP contribution in [0.2, 0.25) is 10.0 Å². The lowest BCUT2D eigenvalue weighted by Gasteiger charge is -2.33. The maximum Gasteiger partial charge on any atom is 0.247 e. The molecule has 0 radical (unpaired) electrons. The second-order valence-corrected chi connectivity index (χ2v) is 6.15. The van der Waals surface area contributed by atoms with E-state index in [2.05, 4.69) is 20.5 Å². The van der Waals surface area contributed by atoms with Crippen LogP contribution in [0.15, 0.2) is 24.4 Å². The Kier molecular flexibility index (Phi) is 5.01. The lowest BCUT2D eigenvalue weighted by atomic mass is 10.3. The van der Waals surface area contributed by atoms with Gasteiger partial charge in [0, 0.05) is 33.1 Å². The summed E-state index contributed by atoms with van der Waals surface area (Å²) in [6, 6.07) is 5.32. The highest BCUT2D eigenvalue weighted by molar-refractivity contribution is 6.43. The van der Waals surface area contributed by atoms with E-state index in [0.29, 0.717) is 53.7 Å². The SMILES string of the molecule is CC(=O)N1CCN(c2nncc(Nc3cccc(Cl)c3Cl)n2)CC1. The first kappa shape index (κ1) is 16.7. The lowest BCUT2D eigenvalue weighted by molar-refractivity contribution is -0.129. The van der Waals surface area contributed by atoms with Crippen molar-refractivity contribution in [3.05, 3.63) is 34.4 Å². The van der Waals surface area contributed by atoms with Gasteiger partial charge in [-0.05, 0) is 12.1 Å². The number of piperazine rings is 1. The van der Waals surface area contributed by atoms with Crippen molar-refractivity contribution in [2.45, 2.75) is 6.92 Å². The Morgan fingerprint density at radius 3 is 2.67 bits per heavy atom. The molecule has 0 aliphatic carbocycles. The molecule has 1 aliphatic heterocycles.